The topological polar surface area (TPSA) is 153 Å². The first-order chi connectivity index (χ1) is 16.2. The Labute approximate surface area is 191 Å². The number of ether oxygens (including phenoxy) is 1. The van der Waals surface area contributed by atoms with Crippen molar-refractivity contribution in [2.24, 2.45) is 0 Å². The standard InChI is InChI=1S/C22H19FN6O5/c1-22(21(32)33,10-15(30)34-2)17-20(31)25-18(27-26-17)16-13-7-5-9-24-19(13)29(28-16)11-12-6-3-4-8-14(12)23/h3-9H,10-11H2,1-2H3,(H,32,33)(H,25,27,31). The second kappa shape index (κ2) is 8.81. The van der Waals surface area contributed by atoms with Gasteiger partial charge in [-0.2, -0.15) is 10.1 Å². The minimum Gasteiger partial charge on any atom is -0.492 e. The van der Waals surface area contributed by atoms with Crippen molar-refractivity contribution in [3.63, 3.8) is 0 Å². The largest absolute Gasteiger partial charge is 0.492 e. The van der Waals surface area contributed by atoms with Gasteiger partial charge in [0.05, 0.1) is 25.5 Å². The highest BCUT2D eigenvalue weighted by atomic mass is 19.1. The molecule has 11 nitrogen and oxygen atoms in total. The molecule has 174 valence electrons. The zero-order chi connectivity index (χ0) is 24.5. The van der Waals surface area contributed by atoms with Crippen molar-refractivity contribution >= 4 is 23.0 Å². The van der Waals surface area contributed by atoms with Crippen LogP contribution in [0.15, 0.2) is 42.6 Å². The van der Waals surface area contributed by atoms with Crippen LogP contribution in [0.25, 0.3) is 22.6 Å². The Balaban J connectivity index is 1.78. The molecule has 3 aromatic heterocycles. The van der Waals surface area contributed by atoms with Gasteiger partial charge < -0.3 is 14.9 Å². The maximum Gasteiger partial charge on any atom is 0.316 e. The average Bonchev–Trinajstić information content (AvgIpc) is 3.18. The van der Waals surface area contributed by atoms with E-state index in [0.29, 0.717) is 16.6 Å². The number of hydrogen-bond acceptors (Lipinski definition) is 9. The summed E-state index contributed by atoms with van der Waals surface area (Å²) >= 11 is 0. The van der Waals surface area contributed by atoms with Gasteiger partial charge in [0, 0.05) is 11.8 Å². The van der Waals surface area contributed by atoms with Gasteiger partial charge in [0.1, 0.15) is 22.6 Å². The second-order valence-electron chi connectivity index (χ2n) is 7.67. The number of aromatic hydroxyl groups is 1. The number of pyridine rings is 1. The van der Waals surface area contributed by atoms with E-state index < -0.39 is 41.2 Å². The molecule has 0 amide bonds. The number of methoxy groups -OCH3 is 1. The van der Waals surface area contributed by atoms with Crippen molar-refractivity contribution < 1.29 is 28.9 Å². The summed E-state index contributed by atoms with van der Waals surface area (Å²) in [7, 11) is 1.12. The molecular weight excluding hydrogens is 447 g/mol. The fourth-order valence-electron chi connectivity index (χ4n) is 3.47. The summed E-state index contributed by atoms with van der Waals surface area (Å²) in [5.74, 6) is -3.45. The molecule has 1 atom stereocenters. The quantitative estimate of drug-likeness (QED) is 0.387. The average molecular weight is 466 g/mol. The van der Waals surface area contributed by atoms with E-state index in [0.717, 1.165) is 7.11 Å². The summed E-state index contributed by atoms with van der Waals surface area (Å²) in [6.45, 7) is 1.29. The molecule has 4 rings (SSSR count). The number of carbonyl (C=O) groups is 2. The number of carbonyl (C=O) groups excluding carboxylic acids is 1. The first-order valence-corrected chi connectivity index (χ1v) is 10.0. The van der Waals surface area contributed by atoms with Crippen molar-refractivity contribution in [3.05, 3.63) is 59.7 Å². The van der Waals surface area contributed by atoms with Crippen LogP contribution in [0.2, 0.25) is 0 Å². The number of benzene rings is 1. The maximum atomic E-state index is 14.2. The van der Waals surface area contributed by atoms with E-state index in [1.807, 2.05) is 0 Å². The molecule has 0 saturated carbocycles. The van der Waals surface area contributed by atoms with E-state index >= 15 is 0 Å². The lowest BCUT2D eigenvalue weighted by Gasteiger charge is -2.22. The zero-order valence-electron chi connectivity index (χ0n) is 18.1. The number of carboxylic acids is 1. The first-order valence-electron chi connectivity index (χ1n) is 10.0. The molecule has 12 heteroatoms. The van der Waals surface area contributed by atoms with Crippen LogP contribution in [0.4, 0.5) is 4.39 Å². The Morgan fingerprint density at radius 3 is 2.62 bits per heavy atom. The maximum absolute atomic E-state index is 14.2. The third kappa shape index (κ3) is 4.00. The van der Waals surface area contributed by atoms with E-state index in [-0.39, 0.29) is 18.1 Å². The number of esters is 1. The molecule has 0 aliphatic rings. The molecule has 2 N–H and O–H groups in total. The Kier molecular flexibility index (Phi) is 5.88. The lowest BCUT2D eigenvalue weighted by molar-refractivity contribution is -0.151. The molecule has 0 bridgehead atoms. The molecule has 0 radical (unpaired) electrons. The molecule has 0 spiro atoms. The van der Waals surface area contributed by atoms with Gasteiger partial charge >= 0.3 is 11.9 Å². The molecule has 0 saturated heterocycles. The number of aliphatic carboxylic acids is 1. The van der Waals surface area contributed by atoms with Crippen LogP contribution in [-0.4, -0.2) is 59.2 Å². The van der Waals surface area contributed by atoms with Gasteiger partial charge in [-0.15, -0.1) is 10.2 Å². The summed E-state index contributed by atoms with van der Waals surface area (Å²) in [6.07, 6.45) is 0.961. The Morgan fingerprint density at radius 2 is 1.94 bits per heavy atom. The van der Waals surface area contributed by atoms with E-state index in [1.165, 1.54) is 17.7 Å². The zero-order valence-corrected chi connectivity index (χ0v) is 18.1. The van der Waals surface area contributed by atoms with Gasteiger partial charge in [-0.05, 0) is 25.1 Å². The minimum atomic E-state index is -1.93. The normalized spacial score (nSPS) is 12.9. The van der Waals surface area contributed by atoms with Crippen LogP contribution in [-0.2, 0) is 26.3 Å². The lowest BCUT2D eigenvalue weighted by Crippen LogP contribution is -2.36. The van der Waals surface area contributed by atoms with Crippen LogP contribution in [0.3, 0.4) is 0 Å². The first kappa shape index (κ1) is 22.7. The number of rotatable bonds is 7. The van der Waals surface area contributed by atoms with E-state index in [2.05, 4.69) is 30.0 Å². The van der Waals surface area contributed by atoms with Crippen LogP contribution < -0.4 is 0 Å². The summed E-state index contributed by atoms with van der Waals surface area (Å²) in [6, 6.07) is 9.62. The smallest absolute Gasteiger partial charge is 0.316 e. The fourth-order valence-corrected chi connectivity index (χ4v) is 3.47. The van der Waals surface area contributed by atoms with Crippen molar-refractivity contribution in [2.75, 3.05) is 7.11 Å². The predicted octanol–water partition coefficient (Wildman–Crippen LogP) is 2.08. The summed E-state index contributed by atoms with van der Waals surface area (Å²) < 4.78 is 20.2. The van der Waals surface area contributed by atoms with Crippen molar-refractivity contribution in [2.45, 2.75) is 25.3 Å². The second-order valence-corrected chi connectivity index (χ2v) is 7.67. The van der Waals surface area contributed by atoms with Crippen LogP contribution >= 0.6 is 0 Å². The van der Waals surface area contributed by atoms with Gasteiger partial charge in [0.2, 0.25) is 11.7 Å². The third-order valence-electron chi connectivity index (χ3n) is 5.39. The van der Waals surface area contributed by atoms with Crippen molar-refractivity contribution in [1.82, 2.24) is 29.9 Å². The molecular formula is C22H19FN6O5. The number of nitrogens with zero attached hydrogens (tertiary/aromatic N) is 6. The highest BCUT2D eigenvalue weighted by Crippen LogP contribution is 2.33. The van der Waals surface area contributed by atoms with Gasteiger partial charge in [-0.25, -0.2) is 14.1 Å². The summed E-state index contributed by atoms with van der Waals surface area (Å²) in [4.78, 5) is 31.9. The van der Waals surface area contributed by atoms with Gasteiger partial charge in [0.25, 0.3) is 0 Å². The Morgan fingerprint density at radius 1 is 1.18 bits per heavy atom. The van der Waals surface area contributed by atoms with Gasteiger partial charge in [-0.1, -0.05) is 18.2 Å². The molecule has 0 aliphatic carbocycles. The van der Waals surface area contributed by atoms with Gasteiger partial charge in [-0.3, -0.25) is 9.59 Å². The number of hydrogen-bond donors (Lipinski definition) is 2. The monoisotopic (exact) mass is 466 g/mol. The number of carboxylic acid groups (broad SMARTS) is 1. The number of aromatic nitrogens is 6. The molecule has 0 fully saturated rings. The molecule has 4 aromatic rings. The Hall–Kier alpha value is -4.48. The lowest BCUT2D eigenvalue weighted by atomic mass is 9.83. The molecule has 34 heavy (non-hydrogen) atoms. The van der Waals surface area contributed by atoms with Crippen LogP contribution in [0, 0.1) is 5.82 Å². The molecule has 3 heterocycles. The van der Waals surface area contributed by atoms with Crippen LogP contribution in [0.5, 0.6) is 5.88 Å². The van der Waals surface area contributed by atoms with E-state index in [9.17, 15) is 24.2 Å². The van der Waals surface area contributed by atoms with Crippen molar-refractivity contribution in [1.29, 1.82) is 0 Å². The van der Waals surface area contributed by atoms with Crippen LogP contribution in [0.1, 0.15) is 24.6 Å². The summed E-state index contributed by atoms with van der Waals surface area (Å²) in [5, 5.41) is 33.0. The molecule has 1 unspecified atom stereocenters. The SMILES string of the molecule is COC(=O)CC(C)(C(=O)O)c1nnc(-c2nn(Cc3ccccc3F)c3ncccc23)nc1O. The molecule has 1 aromatic carbocycles. The fraction of sp³-hybridized carbons (Fsp3) is 0.227. The molecule has 0 aliphatic heterocycles. The Bertz CT molecular complexity index is 1410. The minimum absolute atomic E-state index is 0.0773. The van der Waals surface area contributed by atoms with E-state index in [4.69, 9.17) is 0 Å². The van der Waals surface area contributed by atoms with E-state index in [1.54, 1.807) is 36.5 Å². The number of fused-ring (bicyclic) bond motifs is 1. The summed E-state index contributed by atoms with van der Waals surface area (Å²) in [5.41, 5.74) is -1.31. The van der Waals surface area contributed by atoms with Gasteiger partial charge in [0.15, 0.2) is 5.65 Å². The number of halogens is 1. The predicted molar refractivity (Wildman–Crippen MR) is 115 cm³/mol. The highest BCUT2D eigenvalue weighted by Gasteiger charge is 2.43. The highest BCUT2D eigenvalue weighted by molar-refractivity contribution is 5.89. The third-order valence-corrected chi connectivity index (χ3v) is 5.39. The van der Waals surface area contributed by atoms with Crippen molar-refractivity contribution in [3.8, 4) is 17.4 Å².